The van der Waals surface area contributed by atoms with E-state index in [1.54, 1.807) is 0 Å². The number of aromatic amines is 1. The van der Waals surface area contributed by atoms with Crippen LogP contribution in [0.4, 0.5) is 0 Å². The van der Waals surface area contributed by atoms with Crippen LogP contribution in [0.3, 0.4) is 0 Å². The molecule has 146 valence electrons. The predicted octanol–water partition coefficient (Wildman–Crippen LogP) is 4.05. The standard InChI is InChI=1S/C23H27N3O2/c1-17-8-6-7-11-20(17)12-13-21(26-23(27)22-14-24-16-25-22)18(2)28-15-19-9-4-3-5-10-19/h3-11,14,16,18,21H,12-13,15H2,1-2H3,(H,24,25)(H,26,27)/t18-,21+/m0/s1. The number of imidazole rings is 1. The lowest BCUT2D eigenvalue weighted by Crippen LogP contribution is -2.43. The van der Waals surface area contributed by atoms with Crippen LogP contribution in [0.15, 0.2) is 67.1 Å². The van der Waals surface area contributed by atoms with Crippen LogP contribution in [0.5, 0.6) is 0 Å². The SMILES string of the molecule is Cc1ccccc1CC[C@@H](NC(=O)c1cnc[nH]1)[C@H](C)OCc1ccccc1. The molecule has 5 nitrogen and oxygen atoms in total. The highest BCUT2D eigenvalue weighted by Gasteiger charge is 2.22. The number of H-pyrrole nitrogens is 1. The number of aryl methyl sites for hydroxylation is 2. The van der Waals surface area contributed by atoms with Crippen molar-refractivity contribution in [2.45, 2.75) is 45.4 Å². The van der Waals surface area contributed by atoms with Gasteiger partial charge < -0.3 is 15.0 Å². The van der Waals surface area contributed by atoms with Crippen molar-refractivity contribution in [3.63, 3.8) is 0 Å². The first-order chi connectivity index (χ1) is 13.6. The molecule has 1 aromatic heterocycles. The fraction of sp³-hybridized carbons (Fsp3) is 0.304. The van der Waals surface area contributed by atoms with Crippen molar-refractivity contribution in [2.24, 2.45) is 0 Å². The minimum absolute atomic E-state index is 0.112. The maximum Gasteiger partial charge on any atom is 0.269 e. The molecule has 1 amide bonds. The Labute approximate surface area is 166 Å². The first-order valence-corrected chi connectivity index (χ1v) is 9.62. The van der Waals surface area contributed by atoms with Crippen LogP contribution in [0.25, 0.3) is 0 Å². The van der Waals surface area contributed by atoms with Gasteiger partial charge in [-0.1, -0.05) is 54.6 Å². The van der Waals surface area contributed by atoms with E-state index in [-0.39, 0.29) is 18.1 Å². The summed E-state index contributed by atoms with van der Waals surface area (Å²) >= 11 is 0. The van der Waals surface area contributed by atoms with Crippen molar-refractivity contribution in [3.8, 4) is 0 Å². The van der Waals surface area contributed by atoms with Crippen molar-refractivity contribution in [2.75, 3.05) is 0 Å². The number of benzene rings is 2. The second-order valence-electron chi connectivity index (χ2n) is 7.01. The third-order valence-electron chi connectivity index (χ3n) is 4.97. The van der Waals surface area contributed by atoms with E-state index in [0.29, 0.717) is 12.3 Å². The van der Waals surface area contributed by atoms with E-state index in [4.69, 9.17) is 4.74 Å². The van der Waals surface area contributed by atoms with Crippen LogP contribution in [-0.2, 0) is 17.8 Å². The number of carbonyl (C=O) groups is 1. The van der Waals surface area contributed by atoms with Crippen molar-refractivity contribution < 1.29 is 9.53 Å². The van der Waals surface area contributed by atoms with Crippen molar-refractivity contribution >= 4 is 5.91 Å². The molecule has 0 radical (unpaired) electrons. The third-order valence-corrected chi connectivity index (χ3v) is 4.97. The first kappa shape index (κ1) is 19.8. The summed E-state index contributed by atoms with van der Waals surface area (Å²) in [5.41, 5.74) is 4.13. The van der Waals surface area contributed by atoms with Gasteiger partial charge in [0.15, 0.2) is 0 Å². The molecule has 0 bridgehead atoms. The molecule has 3 aromatic rings. The lowest BCUT2D eigenvalue weighted by molar-refractivity contribution is 0.0242. The lowest BCUT2D eigenvalue weighted by atomic mass is 9.98. The van der Waals surface area contributed by atoms with E-state index in [2.05, 4.69) is 40.4 Å². The quantitative estimate of drug-likeness (QED) is 0.591. The molecule has 3 rings (SSSR count). The molecule has 0 saturated heterocycles. The summed E-state index contributed by atoms with van der Waals surface area (Å²) in [6, 6.07) is 18.3. The number of ether oxygens (including phenoxy) is 1. The van der Waals surface area contributed by atoms with E-state index in [9.17, 15) is 4.79 Å². The molecule has 2 N–H and O–H groups in total. The van der Waals surface area contributed by atoms with E-state index in [0.717, 1.165) is 18.4 Å². The number of aromatic nitrogens is 2. The Morgan fingerprint density at radius 3 is 2.61 bits per heavy atom. The zero-order valence-corrected chi connectivity index (χ0v) is 16.4. The van der Waals surface area contributed by atoms with Gasteiger partial charge in [-0.2, -0.15) is 0 Å². The highest BCUT2D eigenvalue weighted by molar-refractivity contribution is 5.92. The van der Waals surface area contributed by atoms with Crippen molar-refractivity contribution in [1.82, 2.24) is 15.3 Å². The van der Waals surface area contributed by atoms with Gasteiger partial charge in [-0.25, -0.2) is 4.98 Å². The predicted molar refractivity (Wildman–Crippen MR) is 110 cm³/mol. The van der Waals surface area contributed by atoms with Crippen molar-refractivity contribution in [1.29, 1.82) is 0 Å². The van der Waals surface area contributed by atoms with Gasteiger partial charge in [0.1, 0.15) is 5.69 Å². The number of amides is 1. The molecule has 5 heteroatoms. The molecular formula is C23H27N3O2. The fourth-order valence-corrected chi connectivity index (χ4v) is 3.17. The van der Waals surface area contributed by atoms with E-state index in [1.807, 2.05) is 43.3 Å². The molecule has 2 aromatic carbocycles. The van der Waals surface area contributed by atoms with Gasteiger partial charge in [-0.15, -0.1) is 0 Å². The largest absolute Gasteiger partial charge is 0.372 e. The summed E-state index contributed by atoms with van der Waals surface area (Å²) in [5.74, 6) is -0.164. The molecule has 0 aliphatic carbocycles. The van der Waals surface area contributed by atoms with Crippen LogP contribution in [-0.4, -0.2) is 28.0 Å². The molecule has 0 aliphatic heterocycles. The van der Waals surface area contributed by atoms with Crippen LogP contribution in [0.2, 0.25) is 0 Å². The van der Waals surface area contributed by atoms with Crippen LogP contribution >= 0.6 is 0 Å². The summed E-state index contributed by atoms with van der Waals surface area (Å²) in [5, 5.41) is 3.11. The summed E-state index contributed by atoms with van der Waals surface area (Å²) < 4.78 is 6.09. The number of rotatable bonds is 9. The normalized spacial score (nSPS) is 13.1. The Morgan fingerprint density at radius 2 is 1.89 bits per heavy atom. The van der Waals surface area contributed by atoms with Gasteiger partial charge in [-0.3, -0.25) is 4.79 Å². The van der Waals surface area contributed by atoms with E-state index >= 15 is 0 Å². The molecule has 0 unspecified atom stereocenters. The van der Waals surface area contributed by atoms with Gasteiger partial charge in [0.25, 0.3) is 5.91 Å². The van der Waals surface area contributed by atoms with Gasteiger partial charge in [-0.05, 0) is 43.4 Å². The third kappa shape index (κ3) is 5.54. The monoisotopic (exact) mass is 377 g/mol. The van der Waals surface area contributed by atoms with Crippen LogP contribution < -0.4 is 5.32 Å². The number of hydrogen-bond acceptors (Lipinski definition) is 3. The number of nitrogens with one attached hydrogen (secondary N) is 2. The fourth-order valence-electron chi connectivity index (χ4n) is 3.17. The second-order valence-corrected chi connectivity index (χ2v) is 7.01. The molecule has 0 aliphatic rings. The Morgan fingerprint density at radius 1 is 1.14 bits per heavy atom. The number of hydrogen-bond donors (Lipinski definition) is 2. The molecule has 0 saturated carbocycles. The summed E-state index contributed by atoms with van der Waals surface area (Å²) in [6.07, 6.45) is 4.58. The lowest BCUT2D eigenvalue weighted by Gasteiger charge is -2.26. The van der Waals surface area contributed by atoms with E-state index in [1.165, 1.54) is 23.7 Å². The summed E-state index contributed by atoms with van der Waals surface area (Å²) in [4.78, 5) is 19.3. The maximum atomic E-state index is 12.5. The number of carbonyl (C=O) groups excluding carboxylic acids is 1. The van der Waals surface area contributed by atoms with Crippen molar-refractivity contribution in [3.05, 3.63) is 89.5 Å². The zero-order valence-electron chi connectivity index (χ0n) is 16.4. The van der Waals surface area contributed by atoms with Gasteiger partial charge in [0, 0.05) is 0 Å². The minimum Gasteiger partial charge on any atom is -0.372 e. The Bertz CT molecular complexity index is 863. The highest BCUT2D eigenvalue weighted by Crippen LogP contribution is 2.15. The average Bonchev–Trinajstić information content (AvgIpc) is 3.26. The number of nitrogens with zero attached hydrogens (tertiary/aromatic N) is 1. The van der Waals surface area contributed by atoms with Crippen LogP contribution in [0, 0.1) is 6.92 Å². The van der Waals surface area contributed by atoms with Gasteiger partial charge in [0.2, 0.25) is 0 Å². The zero-order chi connectivity index (χ0) is 19.8. The Balaban J connectivity index is 1.65. The molecule has 0 fully saturated rings. The van der Waals surface area contributed by atoms with Gasteiger partial charge >= 0.3 is 0 Å². The second kappa shape index (κ2) is 9.85. The Hall–Kier alpha value is -2.92. The molecule has 2 atom stereocenters. The minimum atomic E-state index is -0.164. The molecular weight excluding hydrogens is 350 g/mol. The first-order valence-electron chi connectivity index (χ1n) is 9.62. The average molecular weight is 377 g/mol. The summed E-state index contributed by atoms with van der Waals surface area (Å²) in [6.45, 7) is 4.64. The highest BCUT2D eigenvalue weighted by atomic mass is 16.5. The molecule has 1 heterocycles. The Kier molecular flexibility index (Phi) is 6.98. The molecule has 0 spiro atoms. The summed E-state index contributed by atoms with van der Waals surface area (Å²) in [7, 11) is 0. The molecule has 28 heavy (non-hydrogen) atoms. The van der Waals surface area contributed by atoms with Gasteiger partial charge in [0.05, 0.1) is 31.3 Å². The maximum absolute atomic E-state index is 12.5. The smallest absolute Gasteiger partial charge is 0.269 e. The van der Waals surface area contributed by atoms with Crippen LogP contribution in [0.1, 0.15) is 40.5 Å². The van der Waals surface area contributed by atoms with E-state index < -0.39 is 0 Å². The topological polar surface area (TPSA) is 67.0 Å².